The Bertz CT molecular complexity index is 1650. The normalized spacial score (nSPS) is 20.4. The van der Waals surface area contributed by atoms with E-state index in [2.05, 4.69) is 118 Å². The molecule has 6 rings (SSSR count). The lowest BCUT2D eigenvalue weighted by molar-refractivity contribution is 0.554. The van der Waals surface area contributed by atoms with Gasteiger partial charge in [0.15, 0.2) is 0 Å². The van der Waals surface area contributed by atoms with Crippen molar-refractivity contribution in [2.24, 2.45) is 5.92 Å². The van der Waals surface area contributed by atoms with Gasteiger partial charge in [-0.1, -0.05) is 103 Å². The quantitative estimate of drug-likeness (QED) is 0.351. The van der Waals surface area contributed by atoms with Gasteiger partial charge in [0.1, 0.15) is 0 Å². The molecule has 0 bridgehead atoms. The van der Waals surface area contributed by atoms with E-state index in [1.807, 2.05) is 0 Å². The van der Waals surface area contributed by atoms with Gasteiger partial charge in [-0.25, -0.2) is 0 Å². The van der Waals surface area contributed by atoms with Crippen LogP contribution >= 0.6 is 0 Å². The molecule has 0 N–H and O–H groups in total. The van der Waals surface area contributed by atoms with Gasteiger partial charge < -0.3 is 0 Å². The Morgan fingerprint density at radius 3 is 2.08 bits per heavy atom. The molecule has 0 spiro atoms. The molecule has 0 aromatic heterocycles. The third-order valence-corrected chi connectivity index (χ3v) is 8.51. The molecule has 37 heavy (non-hydrogen) atoms. The highest BCUT2D eigenvalue weighted by Gasteiger charge is 2.23. The maximum atomic E-state index is 2.49. The molecule has 0 saturated heterocycles. The topological polar surface area (TPSA) is 0 Å². The van der Waals surface area contributed by atoms with Gasteiger partial charge in [0.25, 0.3) is 0 Å². The molecule has 0 fully saturated rings. The van der Waals surface area contributed by atoms with Gasteiger partial charge in [0.2, 0.25) is 0 Å². The van der Waals surface area contributed by atoms with Crippen LogP contribution in [0.1, 0.15) is 57.1 Å². The van der Waals surface area contributed by atoms with Crippen molar-refractivity contribution < 1.29 is 0 Å². The summed E-state index contributed by atoms with van der Waals surface area (Å²) in [7, 11) is 0. The van der Waals surface area contributed by atoms with Gasteiger partial charge in [-0.3, -0.25) is 0 Å². The standard InChI is InChI=1S/C37H36/c1-4-32-33(5-2)37(35-13-9-8-12-34(35)36(32)28-16-14-25(3)15-17-28)29-21-18-27(19-22-29)31-23-20-26-10-6-7-11-30(26)24-31/h4-9,11-18,21,24,26H,10,19-20,22-23H2,1-3H3/b32-4+,33-5+. The third-order valence-electron chi connectivity index (χ3n) is 8.51. The van der Waals surface area contributed by atoms with Crippen LogP contribution in [-0.2, 0) is 0 Å². The fourth-order valence-corrected chi connectivity index (χ4v) is 6.57. The molecule has 0 nitrogen and oxygen atoms in total. The second kappa shape index (κ2) is 10.0. The Kier molecular flexibility index (Phi) is 6.43. The second-order valence-electron chi connectivity index (χ2n) is 10.7. The predicted molar refractivity (Wildman–Crippen MR) is 162 cm³/mol. The molecule has 0 heteroatoms. The van der Waals surface area contributed by atoms with Gasteiger partial charge in [-0.05, 0) is 119 Å². The molecule has 3 aromatic carbocycles. The molecule has 3 aliphatic rings. The summed E-state index contributed by atoms with van der Waals surface area (Å²) in [5.41, 5.74) is 11.4. The first-order chi connectivity index (χ1) is 18.2. The number of hydrogen-bond donors (Lipinski definition) is 0. The minimum absolute atomic E-state index is 0.730. The number of rotatable bonds is 3. The van der Waals surface area contributed by atoms with E-state index in [0.717, 1.165) is 18.8 Å². The van der Waals surface area contributed by atoms with E-state index in [9.17, 15) is 0 Å². The van der Waals surface area contributed by atoms with E-state index in [0.29, 0.717) is 0 Å². The van der Waals surface area contributed by atoms with Crippen LogP contribution in [0.25, 0.3) is 39.6 Å². The van der Waals surface area contributed by atoms with Crippen LogP contribution in [0.4, 0.5) is 0 Å². The van der Waals surface area contributed by atoms with Gasteiger partial charge >= 0.3 is 0 Å². The minimum atomic E-state index is 0.730. The van der Waals surface area contributed by atoms with Gasteiger partial charge in [0, 0.05) is 0 Å². The lowest BCUT2D eigenvalue weighted by Crippen LogP contribution is -2.31. The van der Waals surface area contributed by atoms with Crippen LogP contribution in [0.5, 0.6) is 0 Å². The first-order valence-corrected chi connectivity index (χ1v) is 13.9. The number of allylic oxidation sites excluding steroid dienone is 10. The predicted octanol–water partition coefficient (Wildman–Crippen LogP) is 8.74. The van der Waals surface area contributed by atoms with E-state index in [4.69, 9.17) is 0 Å². The Morgan fingerprint density at radius 1 is 0.703 bits per heavy atom. The van der Waals surface area contributed by atoms with Crippen molar-refractivity contribution in [2.45, 2.75) is 52.9 Å². The highest BCUT2D eigenvalue weighted by molar-refractivity contribution is 6.03. The number of aryl methyl sites for hydroxylation is 1. The summed E-state index contributed by atoms with van der Waals surface area (Å²) in [6.07, 6.45) is 24.7. The highest BCUT2D eigenvalue weighted by Crippen LogP contribution is 2.40. The van der Waals surface area contributed by atoms with Gasteiger partial charge in [0.05, 0.1) is 0 Å². The Balaban J connectivity index is 1.51. The van der Waals surface area contributed by atoms with E-state index in [-0.39, 0.29) is 0 Å². The zero-order valence-electron chi connectivity index (χ0n) is 22.4. The maximum absolute atomic E-state index is 2.49. The second-order valence-corrected chi connectivity index (χ2v) is 10.7. The Labute approximate surface area is 221 Å². The first kappa shape index (κ1) is 23.7. The molecule has 1 unspecified atom stereocenters. The zero-order chi connectivity index (χ0) is 25.4. The average Bonchev–Trinajstić information content (AvgIpc) is 2.96. The molecule has 3 aromatic rings. The van der Waals surface area contributed by atoms with Crippen LogP contribution in [0.2, 0.25) is 0 Å². The molecule has 1 atom stereocenters. The van der Waals surface area contributed by atoms with Crippen LogP contribution in [-0.4, -0.2) is 0 Å². The largest absolute Gasteiger partial charge is 0.0839 e. The molecule has 184 valence electrons. The maximum Gasteiger partial charge on any atom is -0.00298 e. The molecule has 0 radical (unpaired) electrons. The Hall–Kier alpha value is -3.64. The lowest BCUT2D eigenvalue weighted by Gasteiger charge is -2.28. The molecule has 3 aliphatic carbocycles. The van der Waals surface area contributed by atoms with Crippen LogP contribution in [0.3, 0.4) is 0 Å². The molecular formula is C37H36. The van der Waals surface area contributed by atoms with Gasteiger partial charge in [-0.15, -0.1) is 0 Å². The highest BCUT2D eigenvalue weighted by atomic mass is 14.3. The summed E-state index contributed by atoms with van der Waals surface area (Å²) in [4.78, 5) is 0. The summed E-state index contributed by atoms with van der Waals surface area (Å²) in [6.45, 7) is 6.54. The summed E-state index contributed by atoms with van der Waals surface area (Å²) in [6, 6.07) is 18.0. The van der Waals surface area contributed by atoms with E-state index < -0.39 is 0 Å². The minimum Gasteiger partial charge on any atom is -0.0839 e. The van der Waals surface area contributed by atoms with Crippen molar-refractivity contribution in [1.82, 2.24) is 0 Å². The van der Waals surface area contributed by atoms with Crippen molar-refractivity contribution in [2.75, 3.05) is 0 Å². The first-order valence-electron chi connectivity index (χ1n) is 13.9. The SMILES string of the molecule is C/C=c1/c(C2=CC=C(C3=CC4=CC=CCC4CC3)CC2)c2ccccc2c(-c2ccc(C)cc2)/c1=C/C. The van der Waals surface area contributed by atoms with E-state index in [1.165, 1.54) is 79.4 Å². The summed E-state index contributed by atoms with van der Waals surface area (Å²) in [5.74, 6) is 0.730. The zero-order valence-corrected chi connectivity index (χ0v) is 22.4. The van der Waals surface area contributed by atoms with E-state index >= 15 is 0 Å². The molecule has 0 amide bonds. The van der Waals surface area contributed by atoms with Crippen molar-refractivity contribution in [1.29, 1.82) is 0 Å². The molecule has 0 saturated carbocycles. The van der Waals surface area contributed by atoms with Crippen LogP contribution in [0.15, 0.2) is 102 Å². The third kappa shape index (κ3) is 4.29. The number of hydrogen-bond acceptors (Lipinski definition) is 0. The van der Waals surface area contributed by atoms with Crippen LogP contribution in [0, 0.1) is 12.8 Å². The summed E-state index contributed by atoms with van der Waals surface area (Å²) >= 11 is 0. The average molecular weight is 481 g/mol. The van der Waals surface area contributed by atoms with Crippen LogP contribution < -0.4 is 10.4 Å². The Morgan fingerprint density at radius 2 is 1.38 bits per heavy atom. The van der Waals surface area contributed by atoms with Gasteiger partial charge in [-0.2, -0.15) is 0 Å². The molecule has 0 heterocycles. The van der Waals surface area contributed by atoms with E-state index in [1.54, 1.807) is 5.57 Å². The summed E-state index contributed by atoms with van der Waals surface area (Å²) < 4.78 is 0. The van der Waals surface area contributed by atoms with Crippen molar-refractivity contribution in [3.63, 3.8) is 0 Å². The smallest absolute Gasteiger partial charge is 0.00298 e. The molecule has 0 aliphatic heterocycles. The molecular weight excluding hydrogens is 444 g/mol. The van der Waals surface area contributed by atoms with Crippen molar-refractivity contribution in [3.05, 3.63) is 123 Å². The monoisotopic (exact) mass is 480 g/mol. The fourth-order valence-electron chi connectivity index (χ4n) is 6.57. The number of benzene rings is 3. The van der Waals surface area contributed by atoms with Crippen molar-refractivity contribution >= 4 is 28.5 Å². The lowest BCUT2D eigenvalue weighted by atomic mass is 9.77. The fraction of sp³-hybridized carbons (Fsp3) is 0.243. The summed E-state index contributed by atoms with van der Waals surface area (Å²) in [5, 5.41) is 5.40. The van der Waals surface area contributed by atoms with Crippen molar-refractivity contribution in [3.8, 4) is 11.1 Å². The number of fused-ring (bicyclic) bond motifs is 2.